The number of methoxy groups -OCH3 is 1. The number of nitrogens with zero attached hydrogens (tertiary/aromatic N) is 1. The molecule has 0 radical (unpaired) electrons. The number of benzene rings is 1. The van der Waals surface area contributed by atoms with Gasteiger partial charge in [0.1, 0.15) is 5.75 Å². The van der Waals surface area contributed by atoms with E-state index in [0.717, 1.165) is 12.3 Å². The number of aliphatic hydroxyl groups excluding tert-OH is 1. The number of likely N-dealkylation sites (N-methyl/N-ethyl adjacent to an activating group) is 1. The molecule has 0 unspecified atom stereocenters. The second-order valence-electron chi connectivity index (χ2n) is 4.61. The molecule has 0 heterocycles. The lowest BCUT2D eigenvalue weighted by molar-refractivity contribution is 0.215. The number of rotatable bonds is 5. The summed E-state index contributed by atoms with van der Waals surface area (Å²) in [6.45, 7) is 7.96. The SMILES string of the molecule is COc1c(C)c(C)cc(C)c1CN(C)CCO. The molecule has 0 bridgehead atoms. The fraction of sp³-hybridized carbons (Fsp3) is 0.571. The van der Waals surface area contributed by atoms with Crippen LogP contribution in [0.3, 0.4) is 0 Å². The minimum Gasteiger partial charge on any atom is -0.496 e. The van der Waals surface area contributed by atoms with E-state index in [0.29, 0.717) is 6.54 Å². The van der Waals surface area contributed by atoms with Crippen LogP contribution in [-0.2, 0) is 6.54 Å². The Morgan fingerprint density at radius 2 is 1.88 bits per heavy atom. The molecule has 0 amide bonds. The van der Waals surface area contributed by atoms with E-state index >= 15 is 0 Å². The lowest BCUT2D eigenvalue weighted by Crippen LogP contribution is -2.22. The van der Waals surface area contributed by atoms with E-state index in [1.807, 2.05) is 7.05 Å². The van der Waals surface area contributed by atoms with Crippen LogP contribution in [0.5, 0.6) is 5.75 Å². The second-order valence-corrected chi connectivity index (χ2v) is 4.61. The zero-order valence-corrected chi connectivity index (χ0v) is 11.5. The molecule has 17 heavy (non-hydrogen) atoms. The maximum Gasteiger partial charge on any atom is 0.126 e. The van der Waals surface area contributed by atoms with Crippen LogP contribution in [0.15, 0.2) is 6.07 Å². The summed E-state index contributed by atoms with van der Waals surface area (Å²) in [6.07, 6.45) is 0. The normalized spacial score (nSPS) is 11.0. The Hall–Kier alpha value is -1.06. The highest BCUT2D eigenvalue weighted by Gasteiger charge is 2.13. The van der Waals surface area contributed by atoms with E-state index in [9.17, 15) is 0 Å². The van der Waals surface area contributed by atoms with Crippen LogP contribution in [-0.4, -0.2) is 37.3 Å². The van der Waals surface area contributed by atoms with Crippen molar-refractivity contribution in [2.45, 2.75) is 27.3 Å². The minimum absolute atomic E-state index is 0.183. The average Bonchev–Trinajstić information content (AvgIpc) is 2.27. The molecule has 1 rings (SSSR count). The van der Waals surface area contributed by atoms with Gasteiger partial charge in [-0.2, -0.15) is 0 Å². The van der Waals surface area contributed by atoms with E-state index in [1.165, 1.54) is 22.3 Å². The zero-order valence-electron chi connectivity index (χ0n) is 11.5. The summed E-state index contributed by atoms with van der Waals surface area (Å²) in [4.78, 5) is 2.10. The molecule has 96 valence electrons. The zero-order chi connectivity index (χ0) is 13.0. The Balaban J connectivity index is 3.09. The van der Waals surface area contributed by atoms with Crippen LogP contribution in [0.25, 0.3) is 0 Å². The van der Waals surface area contributed by atoms with Crippen LogP contribution in [0.1, 0.15) is 22.3 Å². The quantitative estimate of drug-likeness (QED) is 0.850. The number of hydrogen-bond acceptors (Lipinski definition) is 3. The van der Waals surface area contributed by atoms with Gasteiger partial charge in [-0.15, -0.1) is 0 Å². The van der Waals surface area contributed by atoms with Gasteiger partial charge in [0.15, 0.2) is 0 Å². The number of ether oxygens (including phenoxy) is 1. The molecule has 0 aliphatic heterocycles. The molecular weight excluding hydrogens is 214 g/mol. The van der Waals surface area contributed by atoms with Crippen molar-refractivity contribution >= 4 is 0 Å². The monoisotopic (exact) mass is 237 g/mol. The summed E-state index contributed by atoms with van der Waals surface area (Å²) in [6, 6.07) is 2.19. The van der Waals surface area contributed by atoms with E-state index in [1.54, 1.807) is 7.11 Å². The third-order valence-corrected chi connectivity index (χ3v) is 3.23. The highest BCUT2D eigenvalue weighted by atomic mass is 16.5. The fourth-order valence-corrected chi connectivity index (χ4v) is 2.10. The Morgan fingerprint density at radius 3 is 2.41 bits per heavy atom. The molecule has 1 aromatic carbocycles. The van der Waals surface area contributed by atoms with Crippen molar-refractivity contribution in [3.63, 3.8) is 0 Å². The molecular formula is C14H23NO2. The summed E-state index contributed by atoms with van der Waals surface area (Å²) >= 11 is 0. The second kappa shape index (κ2) is 6.03. The number of hydrogen-bond donors (Lipinski definition) is 1. The van der Waals surface area contributed by atoms with Gasteiger partial charge in [-0.25, -0.2) is 0 Å². The Kier molecular flexibility index (Phi) is 4.97. The molecule has 3 nitrogen and oxygen atoms in total. The summed E-state index contributed by atoms with van der Waals surface area (Å²) in [5.41, 5.74) is 4.92. The largest absolute Gasteiger partial charge is 0.496 e. The van der Waals surface area contributed by atoms with Crippen molar-refractivity contribution in [3.8, 4) is 5.75 Å². The standard InChI is InChI=1S/C14H23NO2/c1-10-8-11(2)13(9-15(4)6-7-16)14(17-5)12(10)3/h8,16H,6-7,9H2,1-5H3. The van der Waals surface area contributed by atoms with Crippen molar-refractivity contribution in [2.75, 3.05) is 27.3 Å². The molecule has 0 saturated heterocycles. The molecule has 0 atom stereocenters. The van der Waals surface area contributed by atoms with Crippen LogP contribution >= 0.6 is 0 Å². The molecule has 0 aliphatic carbocycles. The van der Waals surface area contributed by atoms with Crippen LogP contribution in [0, 0.1) is 20.8 Å². The molecule has 1 N–H and O–H groups in total. The van der Waals surface area contributed by atoms with Gasteiger partial charge in [0.05, 0.1) is 13.7 Å². The summed E-state index contributed by atoms with van der Waals surface area (Å²) < 4.78 is 5.53. The van der Waals surface area contributed by atoms with Gasteiger partial charge in [0.25, 0.3) is 0 Å². The predicted molar refractivity (Wildman–Crippen MR) is 70.6 cm³/mol. The maximum atomic E-state index is 8.94. The molecule has 0 fully saturated rings. The lowest BCUT2D eigenvalue weighted by Gasteiger charge is -2.21. The van der Waals surface area contributed by atoms with Crippen LogP contribution in [0.2, 0.25) is 0 Å². The Bertz CT molecular complexity index is 388. The fourth-order valence-electron chi connectivity index (χ4n) is 2.10. The topological polar surface area (TPSA) is 32.7 Å². The third-order valence-electron chi connectivity index (χ3n) is 3.23. The van der Waals surface area contributed by atoms with Gasteiger partial charge < -0.3 is 9.84 Å². The van der Waals surface area contributed by atoms with Gasteiger partial charge in [-0.05, 0) is 44.5 Å². The van der Waals surface area contributed by atoms with E-state index in [2.05, 4.69) is 31.7 Å². The highest BCUT2D eigenvalue weighted by Crippen LogP contribution is 2.30. The Morgan fingerprint density at radius 1 is 1.24 bits per heavy atom. The lowest BCUT2D eigenvalue weighted by atomic mass is 9.98. The van der Waals surface area contributed by atoms with Crippen LogP contribution < -0.4 is 4.74 Å². The molecule has 0 saturated carbocycles. The van der Waals surface area contributed by atoms with Gasteiger partial charge in [-0.3, -0.25) is 4.90 Å². The van der Waals surface area contributed by atoms with Gasteiger partial charge >= 0.3 is 0 Å². The van der Waals surface area contributed by atoms with Crippen molar-refractivity contribution in [2.24, 2.45) is 0 Å². The smallest absolute Gasteiger partial charge is 0.126 e. The summed E-state index contributed by atoms with van der Waals surface area (Å²) in [5.74, 6) is 0.979. The predicted octanol–water partition coefficient (Wildman–Crippen LogP) is 2.04. The van der Waals surface area contributed by atoms with Gasteiger partial charge in [0.2, 0.25) is 0 Å². The Labute approximate surface area is 104 Å². The van der Waals surface area contributed by atoms with E-state index < -0.39 is 0 Å². The summed E-state index contributed by atoms with van der Waals surface area (Å²) in [7, 11) is 3.72. The highest BCUT2D eigenvalue weighted by molar-refractivity contribution is 5.49. The van der Waals surface area contributed by atoms with Gasteiger partial charge in [0, 0.05) is 18.7 Å². The number of aliphatic hydroxyl groups is 1. The minimum atomic E-state index is 0.183. The molecule has 0 aromatic heterocycles. The third kappa shape index (κ3) is 3.20. The van der Waals surface area contributed by atoms with E-state index in [4.69, 9.17) is 9.84 Å². The van der Waals surface area contributed by atoms with Gasteiger partial charge in [-0.1, -0.05) is 6.07 Å². The van der Waals surface area contributed by atoms with Crippen molar-refractivity contribution in [1.29, 1.82) is 0 Å². The molecule has 1 aromatic rings. The summed E-state index contributed by atoms with van der Waals surface area (Å²) in [5, 5.41) is 8.94. The van der Waals surface area contributed by atoms with E-state index in [-0.39, 0.29) is 6.61 Å². The van der Waals surface area contributed by atoms with Crippen molar-refractivity contribution < 1.29 is 9.84 Å². The first-order valence-corrected chi connectivity index (χ1v) is 5.94. The first-order valence-electron chi connectivity index (χ1n) is 5.94. The van der Waals surface area contributed by atoms with Crippen LogP contribution in [0.4, 0.5) is 0 Å². The maximum absolute atomic E-state index is 8.94. The van der Waals surface area contributed by atoms with Crippen molar-refractivity contribution in [1.82, 2.24) is 4.90 Å². The molecule has 0 spiro atoms. The average molecular weight is 237 g/mol. The number of aryl methyl sites for hydroxylation is 2. The first kappa shape index (κ1) is 14.0. The van der Waals surface area contributed by atoms with Crippen molar-refractivity contribution in [3.05, 3.63) is 28.3 Å². The molecule has 3 heteroatoms. The first-order chi connectivity index (χ1) is 8.01. The molecule has 0 aliphatic rings.